The fourth-order valence-electron chi connectivity index (χ4n) is 2.47. The molecule has 1 aromatic heterocycles. The summed E-state index contributed by atoms with van der Waals surface area (Å²) in [6.45, 7) is 8.63. The van der Waals surface area contributed by atoms with Crippen LogP contribution in [0.25, 0.3) is 0 Å². The van der Waals surface area contributed by atoms with E-state index < -0.39 is 0 Å². The predicted molar refractivity (Wildman–Crippen MR) is 90.3 cm³/mol. The SMILES string of the molecule is CCC(NC(C)c1nc(C)sc1C)c1ccc(Br)cc1. The second kappa shape index (κ2) is 6.83. The van der Waals surface area contributed by atoms with Crippen LogP contribution in [0, 0.1) is 13.8 Å². The van der Waals surface area contributed by atoms with Gasteiger partial charge < -0.3 is 5.32 Å². The molecule has 2 rings (SSSR count). The molecule has 1 heterocycles. The first-order chi connectivity index (χ1) is 9.51. The Balaban J connectivity index is 2.13. The lowest BCUT2D eigenvalue weighted by molar-refractivity contribution is 0.450. The zero-order chi connectivity index (χ0) is 14.7. The van der Waals surface area contributed by atoms with E-state index in [1.807, 2.05) is 0 Å². The van der Waals surface area contributed by atoms with Crippen molar-refractivity contribution in [2.75, 3.05) is 0 Å². The van der Waals surface area contributed by atoms with Gasteiger partial charge in [0.1, 0.15) is 0 Å². The van der Waals surface area contributed by atoms with Crippen molar-refractivity contribution in [2.24, 2.45) is 0 Å². The third-order valence-electron chi connectivity index (χ3n) is 3.48. The molecule has 108 valence electrons. The minimum absolute atomic E-state index is 0.272. The van der Waals surface area contributed by atoms with E-state index in [9.17, 15) is 0 Å². The van der Waals surface area contributed by atoms with Crippen LogP contribution in [0.15, 0.2) is 28.7 Å². The fraction of sp³-hybridized carbons (Fsp3) is 0.438. The first-order valence-corrected chi connectivity index (χ1v) is 8.57. The van der Waals surface area contributed by atoms with E-state index in [4.69, 9.17) is 0 Å². The lowest BCUT2D eigenvalue weighted by Gasteiger charge is -2.22. The number of aromatic nitrogens is 1. The Morgan fingerprint density at radius 2 is 1.90 bits per heavy atom. The van der Waals surface area contributed by atoms with E-state index in [-0.39, 0.29) is 6.04 Å². The van der Waals surface area contributed by atoms with Crippen LogP contribution in [-0.4, -0.2) is 4.98 Å². The van der Waals surface area contributed by atoms with Crippen LogP contribution in [-0.2, 0) is 0 Å². The molecular weight excluding hydrogens is 332 g/mol. The number of aryl methyl sites for hydroxylation is 2. The highest BCUT2D eigenvalue weighted by atomic mass is 79.9. The van der Waals surface area contributed by atoms with E-state index in [0.29, 0.717) is 6.04 Å². The molecule has 0 radical (unpaired) electrons. The standard InChI is InChI=1S/C16H21BrN2S/c1-5-15(13-6-8-14(17)9-7-13)18-10(2)16-11(3)20-12(4)19-16/h6-10,15,18H,5H2,1-4H3. The Hall–Kier alpha value is -0.710. The zero-order valence-corrected chi connectivity index (χ0v) is 14.8. The molecule has 4 heteroatoms. The van der Waals surface area contributed by atoms with E-state index >= 15 is 0 Å². The van der Waals surface area contributed by atoms with Crippen LogP contribution >= 0.6 is 27.3 Å². The van der Waals surface area contributed by atoms with Crippen molar-refractivity contribution in [3.63, 3.8) is 0 Å². The van der Waals surface area contributed by atoms with Crippen LogP contribution < -0.4 is 5.32 Å². The molecule has 0 amide bonds. The summed E-state index contributed by atoms with van der Waals surface area (Å²) in [4.78, 5) is 5.97. The van der Waals surface area contributed by atoms with Crippen molar-refractivity contribution in [2.45, 2.75) is 46.2 Å². The van der Waals surface area contributed by atoms with Gasteiger partial charge in [-0.1, -0.05) is 35.0 Å². The summed E-state index contributed by atoms with van der Waals surface area (Å²) < 4.78 is 1.12. The highest BCUT2D eigenvalue weighted by molar-refractivity contribution is 9.10. The quantitative estimate of drug-likeness (QED) is 0.786. The average Bonchev–Trinajstić information content (AvgIpc) is 2.76. The number of hydrogen-bond acceptors (Lipinski definition) is 3. The smallest absolute Gasteiger partial charge is 0.0900 e. The number of nitrogens with one attached hydrogen (secondary N) is 1. The Morgan fingerprint density at radius 3 is 2.40 bits per heavy atom. The summed E-state index contributed by atoms with van der Waals surface area (Å²) in [5.41, 5.74) is 2.51. The first-order valence-electron chi connectivity index (χ1n) is 6.96. The Labute approximate surface area is 133 Å². The van der Waals surface area contributed by atoms with Gasteiger partial charge in [-0.25, -0.2) is 4.98 Å². The summed E-state index contributed by atoms with van der Waals surface area (Å²) in [6.07, 6.45) is 1.06. The molecule has 0 bridgehead atoms. The number of hydrogen-bond donors (Lipinski definition) is 1. The van der Waals surface area contributed by atoms with Gasteiger partial charge in [-0.3, -0.25) is 0 Å². The largest absolute Gasteiger partial charge is 0.302 e. The van der Waals surface area contributed by atoms with Gasteiger partial charge in [0, 0.05) is 21.4 Å². The summed E-state index contributed by atoms with van der Waals surface area (Å²) in [5.74, 6) is 0. The summed E-state index contributed by atoms with van der Waals surface area (Å²) in [6, 6.07) is 9.19. The molecule has 0 aliphatic heterocycles. The lowest BCUT2D eigenvalue weighted by Crippen LogP contribution is -2.25. The minimum Gasteiger partial charge on any atom is -0.302 e. The van der Waals surface area contributed by atoms with Gasteiger partial charge in [0.2, 0.25) is 0 Å². The molecule has 0 saturated heterocycles. The zero-order valence-electron chi connectivity index (χ0n) is 12.4. The average molecular weight is 353 g/mol. The van der Waals surface area contributed by atoms with E-state index in [1.54, 1.807) is 11.3 Å². The highest BCUT2D eigenvalue weighted by Crippen LogP contribution is 2.27. The molecular formula is C16H21BrN2S. The van der Waals surface area contributed by atoms with Crippen molar-refractivity contribution in [3.8, 4) is 0 Å². The number of nitrogens with zero attached hydrogens (tertiary/aromatic N) is 1. The van der Waals surface area contributed by atoms with Crippen LogP contribution in [0.4, 0.5) is 0 Å². The molecule has 0 aliphatic rings. The van der Waals surface area contributed by atoms with E-state index in [2.05, 4.69) is 78.2 Å². The first kappa shape index (κ1) is 15.7. The lowest BCUT2D eigenvalue weighted by atomic mass is 10.0. The molecule has 0 saturated carbocycles. The molecule has 0 aliphatic carbocycles. The Morgan fingerprint density at radius 1 is 1.25 bits per heavy atom. The van der Waals surface area contributed by atoms with Crippen molar-refractivity contribution in [3.05, 3.63) is 49.9 Å². The van der Waals surface area contributed by atoms with Crippen molar-refractivity contribution in [1.82, 2.24) is 10.3 Å². The Kier molecular flexibility index (Phi) is 5.35. The number of halogens is 1. The van der Waals surface area contributed by atoms with Gasteiger partial charge in [0.15, 0.2) is 0 Å². The molecule has 2 unspecified atom stereocenters. The normalized spacial score (nSPS) is 14.2. The number of rotatable bonds is 5. The monoisotopic (exact) mass is 352 g/mol. The Bertz CT molecular complexity index is 562. The third-order valence-corrected chi connectivity index (χ3v) is 4.91. The maximum absolute atomic E-state index is 4.65. The maximum atomic E-state index is 4.65. The van der Waals surface area contributed by atoms with Crippen LogP contribution in [0.1, 0.15) is 53.5 Å². The molecule has 1 N–H and O–H groups in total. The summed E-state index contributed by atoms with van der Waals surface area (Å²) >= 11 is 5.26. The predicted octanol–water partition coefficient (Wildman–Crippen LogP) is 5.32. The van der Waals surface area contributed by atoms with Gasteiger partial charge in [0.25, 0.3) is 0 Å². The van der Waals surface area contributed by atoms with Crippen molar-refractivity contribution in [1.29, 1.82) is 0 Å². The topological polar surface area (TPSA) is 24.9 Å². The van der Waals surface area contributed by atoms with Crippen molar-refractivity contribution >= 4 is 27.3 Å². The van der Waals surface area contributed by atoms with Gasteiger partial charge in [-0.15, -0.1) is 11.3 Å². The van der Waals surface area contributed by atoms with Gasteiger partial charge in [-0.05, 0) is 44.9 Å². The molecule has 20 heavy (non-hydrogen) atoms. The molecule has 0 spiro atoms. The third kappa shape index (κ3) is 3.68. The van der Waals surface area contributed by atoms with Gasteiger partial charge in [0.05, 0.1) is 10.7 Å². The fourth-order valence-corrected chi connectivity index (χ4v) is 3.65. The highest BCUT2D eigenvalue weighted by Gasteiger charge is 2.17. The van der Waals surface area contributed by atoms with Crippen LogP contribution in [0.5, 0.6) is 0 Å². The summed E-state index contributed by atoms with van der Waals surface area (Å²) in [5, 5.41) is 4.84. The van der Waals surface area contributed by atoms with Crippen LogP contribution in [0.3, 0.4) is 0 Å². The van der Waals surface area contributed by atoms with Gasteiger partial charge >= 0.3 is 0 Å². The van der Waals surface area contributed by atoms with Gasteiger partial charge in [-0.2, -0.15) is 0 Å². The molecule has 2 atom stereocenters. The summed E-state index contributed by atoms with van der Waals surface area (Å²) in [7, 11) is 0. The maximum Gasteiger partial charge on any atom is 0.0900 e. The number of thiazole rings is 1. The van der Waals surface area contributed by atoms with E-state index in [0.717, 1.165) is 15.9 Å². The van der Waals surface area contributed by atoms with Crippen LogP contribution in [0.2, 0.25) is 0 Å². The molecule has 1 aromatic carbocycles. The van der Waals surface area contributed by atoms with E-state index in [1.165, 1.54) is 16.1 Å². The van der Waals surface area contributed by atoms with Crippen molar-refractivity contribution < 1.29 is 0 Å². The minimum atomic E-state index is 0.272. The second-order valence-corrected chi connectivity index (χ2v) is 7.40. The number of benzene rings is 1. The second-order valence-electron chi connectivity index (χ2n) is 5.08. The molecule has 0 fully saturated rings. The molecule has 2 aromatic rings. The molecule has 2 nitrogen and oxygen atoms in total.